The number of carboxylic acid groups (broad SMARTS) is 1. The number of hydrogen-bond donors (Lipinski definition) is 10. The minimum absolute atomic E-state index is 0.00126. The Hall–Kier alpha value is -5.53. The molecule has 0 heterocycles. The van der Waals surface area contributed by atoms with Crippen LogP contribution in [0.3, 0.4) is 0 Å². The molecule has 7 amide bonds. The number of nitrogens with one attached hydrogen (secondary N) is 6. The van der Waals surface area contributed by atoms with Crippen molar-refractivity contribution in [3.05, 3.63) is 23.8 Å². The van der Waals surface area contributed by atoms with Crippen LogP contribution < -0.4 is 43.4 Å². The standard InChI is InChI=1S/C55H98N8O20/c1-39(2)48(51(68)61-44(12-10-16-59-53(57)71)50(67)62-45-37-41(13-14-46(45)64)36-42(35-40(3)52(69)70)60-54(72)83-55(4,5)6)63-49(66)43(56)11-8-9-15-58-47(65)38-82-34-33-81-32-31-80-30-29-79-28-27-78-26-25-77-24-23-76-22-21-75-20-19-74-18-17-73-7/h13-14,37,39-40,42-44,48,64H,8-12,15-36,38,56H2,1-7H3,(H,58,65)(H,60,72)(H,61,68)(H,62,67)(H,63,66)(H,69,70)(H3,57,59,71)/t40-,42+,43-,44-,48-/m0/s1. The Balaban J connectivity index is 2.40. The summed E-state index contributed by atoms with van der Waals surface area (Å²) in [5, 5.41) is 36.3. The zero-order valence-corrected chi connectivity index (χ0v) is 49.9. The SMILES string of the molecule is COCCOCCOCCOCCOCCOCCOCCOCCOCCOCC(=O)NCCCC[C@H](N)C(=O)N[C@H](C(=O)N[C@@H](CCCNC(N)=O)C(=O)Nc1cc(C[C@@H](C[C@H](C)C(=O)O)NC(=O)OC(C)(C)C)ccc1O)C(C)C. The second-order valence-corrected chi connectivity index (χ2v) is 20.5. The van der Waals surface area contributed by atoms with Crippen molar-refractivity contribution in [3.63, 3.8) is 0 Å². The summed E-state index contributed by atoms with van der Waals surface area (Å²) in [6.07, 6.45) is 0.802. The zero-order valence-electron chi connectivity index (χ0n) is 49.9. The predicted octanol–water partition coefficient (Wildman–Crippen LogP) is 1.36. The molecule has 5 atom stereocenters. The molecular formula is C55H98N8O20. The van der Waals surface area contributed by atoms with Gasteiger partial charge in [-0.2, -0.15) is 0 Å². The van der Waals surface area contributed by atoms with Gasteiger partial charge < -0.3 is 106 Å². The average Bonchev–Trinajstić information content (AvgIpc) is 3.42. The number of anilines is 1. The van der Waals surface area contributed by atoms with E-state index in [0.717, 1.165) is 0 Å². The Labute approximate surface area is 488 Å². The third kappa shape index (κ3) is 41.2. The van der Waals surface area contributed by atoms with Crippen LogP contribution in [0.4, 0.5) is 15.3 Å². The molecule has 83 heavy (non-hydrogen) atoms. The first-order chi connectivity index (χ1) is 39.6. The van der Waals surface area contributed by atoms with Gasteiger partial charge in [-0.3, -0.25) is 24.0 Å². The summed E-state index contributed by atoms with van der Waals surface area (Å²) in [6.45, 7) is 18.0. The van der Waals surface area contributed by atoms with Crippen molar-refractivity contribution in [1.82, 2.24) is 26.6 Å². The molecule has 0 spiro atoms. The maximum atomic E-state index is 13.9. The zero-order chi connectivity index (χ0) is 61.7. The molecule has 0 aliphatic heterocycles. The largest absolute Gasteiger partial charge is 0.506 e. The summed E-state index contributed by atoms with van der Waals surface area (Å²) in [7, 11) is 1.63. The second-order valence-electron chi connectivity index (χ2n) is 20.5. The van der Waals surface area contributed by atoms with E-state index >= 15 is 0 Å². The van der Waals surface area contributed by atoms with Crippen LogP contribution >= 0.6 is 0 Å². The Bertz CT molecular complexity index is 1970. The Morgan fingerprint density at radius 2 is 1.10 bits per heavy atom. The lowest BCUT2D eigenvalue weighted by Gasteiger charge is -2.26. The number of phenolic OH excluding ortho intramolecular Hbond substituents is 1. The molecule has 0 unspecified atom stereocenters. The number of primary amides is 1. The smallest absolute Gasteiger partial charge is 0.407 e. The van der Waals surface area contributed by atoms with E-state index in [0.29, 0.717) is 131 Å². The summed E-state index contributed by atoms with van der Waals surface area (Å²) >= 11 is 0. The van der Waals surface area contributed by atoms with Gasteiger partial charge >= 0.3 is 18.1 Å². The highest BCUT2D eigenvalue weighted by Gasteiger charge is 2.31. The van der Waals surface area contributed by atoms with Crippen LogP contribution in [-0.2, 0) is 82.5 Å². The minimum atomic E-state index is -1.24. The van der Waals surface area contributed by atoms with Gasteiger partial charge in [-0.1, -0.05) is 26.8 Å². The van der Waals surface area contributed by atoms with Crippen LogP contribution in [0.1, 0.15) is 85.6 Å². The predicted molar refractivity (Wildman–Crippen MR) is 305 cm³/mol. The van der Waals surface area contributed by atoms with Gasteiger partial charge in [0.1, 0.15) is 30.0 Å². The van der Waals surface area contributed by atoms with E-state index in [1.165, 1.54) is 19.1 Å². The third-order valence-electron chi connectivity index (χ3n) is 11.7. The molecule has 1 rings (SSSR count). The number of ether oxygens (including phenoxy) is 11. The molecule has 0 aliphatic rings. The van der Waals surface area contributed by atoms with Crippen LogP contribution in [0.2, 0.25) is 0 Å². The Morgan fingerprint density at radius 1 is 0.602 bits per heavy atom. The minimum Gasteiger partial charge on any atom is -0.506 e. The molecular weight excluding hydrogens is 1090 g/mol. The molecule has 0 saturated heterocycles. The van der Waals surface area contributed by atoms with Crippen molar-refractivity contribution in [1.29, 1.82) is 0 Å². The number of carbonyl (C=O) groups excluding carboxylic acids is 6. The van der Waals surface area contributed by atoms with Crippen molar-refractivity contribution in [2.75, 3.05) is 151 Å². The second kappa shape index (κ2) is 46.8. The number of alkyl carbamates (subject to hydrolysis) is 1. The van der Waals surface area contributed by atoms with E-state index in [2.05, 4.69) is 31.9 Å². The Kier molecular flexibility index (Phi) is 42.6. The maximum absolute atomic E-state index is 13.9. The lowest BCUT2D eigenvalue weighted by molar-refractivity contribution is -0.141. The van der Waals surface area contributed by atoms with Crippen molar-refractivity contribution in [2.24, 2.45) is 23.3 Å². The fourth-order valence-electron chi connectivity index (χ4n) is 7.32. The first-order valence-electron chi connectivity index (χ1n) is 28.3. The molecule has 28 heteroatoms. The molecule has 0 fully saturated rings. The number of carbonyl (C=O) groups is 7. The molecule has 28 nitrogen and oxygen atoms in total. The fraction of sp³-hybridized carbons (Fsp3) is 0.764. The number of hydrogen-bond acceptors (Lipinski definition) is 20. The van der Waals surface area contributed by atoms with Crippen LogP contribution in [0.5, 0.6) is 5.75 Å². The average molecular weight is 1190 g/mol. The number of aliphatic carboxylic acids is 1. The molecule has 0 aromatic heterocycles. The van der Waals surface area contributed by atoms with E-state index in [9.17, 15) is 43.8 Å². The maximum Gasteiger partial charge on any atom is 0.407 e. The molecule has 0 aliphatic carbocycles. The van der Waals surface area contributed by atoms with Crippen molar-refractivity contribution >= 4 is 47.4 Å². The molecule has 0 bridgehead atoms. The van der Waals surface area contributed by atoms with E-state index < -0.39 is 77.4 Å². The summed E-state index contributed by atoms with van der Waals surface area (Å²) in [6, 6.07) is -0.531. The van der Waals surface area contributed by atoms with Crippen LogP contribution in [0.15, 0.2) is 18.2 Å². The number of benzene rings is 1. The number of nitrogens with two attached hydrogens (primary N) is 2. The van der Waals surface area contributed by atoms with Gasteiger partial charge in [-0.25, -0.2) is 9.59 Å². The number of amides is 7. The number of urea groups is 1. The fourth-order valence-corrected chi connectivity index (χ4v) is 7.32. The summed E-state index contributed by atoms with van der Waals surface area (Å²) in [5.41, 5.74) is 11.1. The van der Waals surface area contributed by atoms with Crippen molar-refractivity contribution in [2.45, 2.75) is 116 Å². The van der Waals surface area contributed by atoms with Crippen molar-refractivity contribution < 1.29 is 95.9 Å². The molecule has 0 radical (unpaired) electrons. The highest BCUT2D eigenvalue weighted by atomic mass is 16.6. The van der Waals surface area contributed by atoms with Crippen LogP contribution in [0.25, 0.3) is 0 Å². The lowest BCUT2D eigenvalue weighted by atomic mass is 9.96. The lowest BCUT2D eigenvalue weighted by Crippen LogP contribution is -2.56. The summed E-state index contributed by atoms with van der Waals surface area (Å²) < 4.78 is 59.2. The van der Waals surface area contributed by atoms with E-state index in [1.54, 1.807) is 47.8 Å². The van der Waals surface area contributed by atoms with Gasteiger partial charge in [0.25, 0.3) is 0 Å². The van der Waals surface area contributed by atoms with Gasteiger partial charge in [-0.15, -0.1) is 0 Å². The highest BCUT2D eigenvalue weighted by molar-refractivity contribution is 5.99. The van der Waals surface area contributed by atoms with E-state index in [-0.39, 0.29) is 75.8 Å². The monoisotopic (exact) mass is 1190 g/mol. The number of unbranched alkanes of at least 4 members (excludes halogenated alkanes) is 1. The van der Waals surface area contributed by atoms with Gasteiger partial charge in [0.15, 0.2) is 0 Å². The van der Waals surface area contributed by atoms with Gasteiger partial charge in [0.2, 0.25) is 23.6 Å². The molecule has 478 valence electrons. The summed E-state index contributed by atoms with van der Waals surface area (Å²) in [4.78, 5) is 88.9. The van der Waals surface area contributed by atoms with Crippen molar-refractivity contribution in [3.8, 4) is 5.75 Å². The van der Waals surface area contributed by atoms with Gasteiger partial charge in [0.05, 0.1) is 137 Å². The Morgan fingerprint density at radius 3 is 1.57 bits per heavy atom. The van der Waals surface area contributed by atoms with Crippen LogP contribution in [-0.4, -0.2) is 227 Å². The topological polar surface area (TPSA) is 386 Å². The quantitative estimate of drug-likeness (QED) is 0.0325. The molecule has 12 N–H and O–H groups in total. The summed E-state index contributed by atoms with van der Waals surface area (Å²) in [5.74, 6) is -5.04. The number of phenols is 1. The van der Waals surface area contributed by atoms with E-state index in [1.807, 2.05) is 0 Å². The van der Waals surface area contributed by atoms with E-state index in [4.69, 9.17) is 63.6 Å². The van der Waals surface area contributed by atoms with Gasteiger partial charge in [-0.05, 0) is 89.3 Å². The van der Waals surface area contributed by atoms with Gasteiger partial charge in [0, 0.05) is 26.2 Å². The number of carboxylic acids is 1. The first kappa shape index (κ1) is 75.5. The highest BCUT2D eigenvalue weighted by Crippen LogP contribution is 2.26. The van der Waals surface area contributed by atoms with Crippen LogP contribution in [0, 0.1) is 11.8 Å². The number of methoxy groups -OCH3 is 1. The first-order valence-corrected chi connectivity index (χ1v) is 28.3. The number of rotatable bonds is 51. The third-order valence-corrected chi connectivity index (χ3v) is 11.7. The normalized spacial score (nSPS) is 13.3. The molecule has 1 aromatic rings. The molecule has 1 aromatic carbocycles. The molecule has 0 saturated carbocycles. The number of aromatic hydroxyl groups is 1.